The normalized spacial score (nSPS) is 25.1. The Morgan fingerprint density at radius 1 is 0.694 bits per heavy atom. The van der Waals surface area contributed by atoms with Crippen molar-refractivity contribution in [1.82, 2.24) is 0 Å². The zero-order valence-electron chi connectivity index (χ0n) is 27.8. The maximum Gasteiger partial charge on any atom is 0.0694 e. The second-order valence-electron chi connectivity index (χ2n) is 14.9. The molecule has 0 aromatic heterocycles. The second-order valence-corrected chi connectivity index (χ2v) is 14.9. The molecule has 1 spiro atoms. The maximum absolute atomic E-state index is 2.58. The zero-order chi connectivity index (χ0) is 32.1. The van der Waals surface area contributed by atoms with Gasteiger partial charge in [0.05, 0.1) is 11.1 Å². The highest BCUT2D eigenvalue weighted by molar-refractivity contribution is 6.05. The van der Waals surface area contributed by atoms with Crippen molar-refractivity contribution in [1.29, 1.82) is 0 Å². The monoisotopic (exact) mass is 629 g/mol. The lowest BCUT2D eigenvalue weighted by atomic mass is 9.70. The third-order valence-corrected chi connectivity index (χ3v) is 12.6. The van der Waals surface area contributed by atoms with E-state index >= 15 is 0 Å². The van der Waals surface area contributed by atoms with Crippen LogP contribution in [0.2, 0.25) is 0 Å². The molecule has 0 fully saturated rings. The first-order valence-electron chi connectivity index (χ1n) is 18.4. The van der Waals surface area contributed by atoms with Crippen molar-refractivity contribution in [3.05, 3.63) is 190 Å². The fourth-order valence-electron chi connectivity index (χ4n) is 10.7. The minimum Gasteiger partial charge on any atom is -0.310 e. The van der Waals surface area contributed by atoms with Gasteiger partial charge in [0.2, 0.25) is 0 Å². The molecule has 7 aliphatic carbocycles. The molecule has 4 aromatic rings. The van der Waals surface area contributed by atoms with Crippen LogP contribution in [0.15, 0.2) is 162 Å². The number of para-hydroxylation sites is 2. The van der Waals surface area contributed by atoms with E-state index in [2.05, 4.69) is 144 Å². The number of nitrogens with zero attached hydrogens (tertiary/aromatic N) is 1. The molecule has 4 aromatic carbocycles. The molecule has 0 heterocycles. The van der Waals surface area contributed by atoms with Crippen molar-refractivity contribution >= 4 is 33.8 Å². The largest absolute Gasteiger partial charge is 0.310 e. The fraction of sp³-hybridized carbons (Fsp3) is 0.208. The molecule has 0 saturated carbocycles. The molecule has 0 N–H and O–H groups in total. The first-order valence-corrected chi connectivity index (χ1v) is 18.4. The van der Waals surface area contributed by atoms with Crippen molar-refractivity contribution in [2.45, 2.75) is 50.4 Å². The highest BCUT2D eigenvalue weighted by Crippen LogP contribution is 2.72. The highest BCUT2D eigenvalue weighted by atomic mass is 15.1. The summed E-state index contributed by atoms with van der Waals surface area (Å²) in [6, 6.07) is 36.9. The number of fused-ring (bicyclic) bond motifs is 6. The van der Waals surface area contributed by atoms with Gasteiger partial charge < -0.3 is 4.90 Å². The molecular weight excluding hydrogens is 591 g/mol. The van der Waals surface area contributed by atoms with Gasteiger partial charge in [-0.05, 0) is 137 Å². The predicted molar refractivity (Wildman–Crippen MR) is 204 cm³/mol. The molecule has 0 aliphatic heterocycles. The summed E-state index contributed by atoms with van der Waals surface area (Å²) in [5, 5.41) is 0. The van der Waals surface area contributed by atoms with Gasteiger partial charge in [0.1, 0.15) is 0 Å². The Balaban J connectivity index is 1.14. The van der Waals surface area contributed by atoms with Gasteiger partial charge in [-0.25, -0.2) is 0 Å². The first kappa shape index (κ1) is 27.8. The third-order valence-electron chi connectivity index (χ3n) is 12.6. The smallest absolute Gasteiger partial charge is 0.0694 e. The maximum atomic E-state index is 2.58. The molecule has 0 bridgehead atoms. The van der Waals surface area contributed by atoms with Gasteiger partial charge in [-0.3, -0.25) is 0 Å². The number of hydrogen-bond donors (Lipinski definition) is 0. The van der Waals surface area contributed by atoms with Gasteiger partial charge in [0, 0.05) is 22.9 Å². The second kappa shape index (κ2) is 10.4. The first-order chi connectivity index (χ1) is 24.3. The van der Waals surface area contributed by atoms with Crippen LogP contribution in [0.4, 0.5) is 17.1 Å². The van der Waals surface area contributed by atoms with E-state index in [1.807, 2.05) is 0 Å². The van der Waals surface area contributed by atoms with E-state index in [1.165, 1.54) is 92.9 Å². The zero-order valence-corrected chi connectivity index (χ0v) is 27.8. The van der Waals surface area contributed by atoms with Gasteiger partial charge in [0.15, 0.2) is 0 Å². The molecule has 1 nitrogen and oxygen atoms in total. The van der Waals surface area contributed by atoms with Gasteiger partial charge in [0.25, 0.3) is 0 Å². The molecule has 0 amide bonds. The van der Waals surface area contributed by atoms with Crippen molar-refractivity contribution in [3.63, 3.8) is 0 Å². The van der Waals surface area contributed by atoms with E-state index in [4.69, 9.17) is 0 Å². The number of rotatable bonds is 4. The number of hydrogen-bond acceptors (Lipinski definition) is 1. The van der Waals surface area contributed by atoms with Crippen LogP contribution < -0.4 is 4.90 Å². The lowest BCUT2D eigenvalue weighted by Gasteiger charge is -2.33. The van der Waals surface area contributed by atoms with Gasteiger partial charge in [-0.1, -0.05) is 115 Å². The molecule has 0 radical (unpaired) electrons. The summed E-state index contributed by atoms with van der Waals surface area (Å²) in [4.78, 5) is 2.54. The van der Waals surface area contributed by atoms with E-state index in [9.17, 15) is 0 Å². The molecule has 3 unspecified atom stereocenters. The van der Waals surface area contributed by atoms with E-state index < -0.39 is 0 Å². The van der Waals surface area contributed by atoms with Crippen LogP contribution in [0.5, 0.6) is 0 Å². The molecule has 49 heavy (non-hydrogen) atoms. The Labute approximate surface area is 289 Å². The Kier molecular flexibility index (Phi) is 5.91. The molecule has 11 rings (SSSR count). The fourth-order valence-corrected chi connectivity index (χ4v) is 10.7. The van der Waals surface area contributed by atoms with E-state index in [0.29, 0.717) is 11.8 Å². The summed E-state index contributed by atoms with van der Waals surface area (Å²) < 4.78 is 0. The van der Waals surface area contributed by atoms with Crippen molar-refractivity contribution in [2.24, 2.45) is 11.8 Å². The molecule has 236 valence electrons. The van der Waals surface area contributed by atoms with Crippen LogP contribution in [0.25, 0.3) is 16.7 Å². The molecule has 0 saturated heterocycles. The molecule has 1 heteroatoms. The number of benzene rings is 4. The van der Waals surface area contributed by atoms with Crippen LogP contribution in [0.1, 0.15) is 72.8 Å². The third kappa shape index (κ3) is 3.71. The summed E-state index contributed by atoms with van der Waals surface area (Å²) in [7, 11) is 0. The lowest BCUT2D eigenvalue weighted by molar-refractivity contribution is 0.565. The van der Waals surface area contributed by atoms with Crippen LogP contribution >= 0.6 is 0 Å². The van der Waals surface area contributed by atoms with E-state index in [1.54, 1.807) is 16.7 Å². The Morgan fingerprint density at radius 3 is 2.49 bits per heavy atom. The van der Waals surface area contributed by atoms with Crippen molar-refractivity contribution in [2.75, 3.05) is 4.90 Å². The summed E-state index contributed by atoms with van der Waals surface area (Å²) in [5.41, 5.74) is 21.6. The van der Waals surface area contributed by atoms with Crippen LogP contribution in [0, 0.1) is 11.8 Å². The number of allylic oxidation sites excluding steroid dienone is 14. The van der Waals surface area contributed by atoms with Gasteiger partial charge in [-0.15, -0.1) is 0 Å². The van der Waals surface area contributed by atoms with E-state index in [0.717, 1.165) is 19.3 Å². The van der Waals surface area contributed by atoms with Crippen LogP contribution in [-0.4, -0.2) is 0 Å². The van der Waals surface area contributed by atoms with Crippen molar-refractivity contribution in [3.8, 4) is 0 Å². The van der Waals surface area contributed by atoms with Gasteiger partial charge in [-0.2, -0.15) is 0 Å². The Bertz CT molecular complexity index is 2320. The van der Waals surface area contributed by atoms with Gasteiger partial charge >= 0.3 is 0 Å². The molecular formula is C48H39N. The summed E-state index contributed by atoms with van der Waals surface area (Å²) in [6.45, 7) is 0. The predicted octanol–water partition coefficient (Wildman–Crippen LogP) is 12.4. The SMILES string of the molecule is C1=CC2=CC=C(c3ccccc3N(c3ccccc3)c3ccc4c(c3)C35C6=C(CCC=C64)C4CC=CC(=C43)c3ccccc35)CC2CCC1. The van der Waals surface area contributed by atoms with Crippen LogP contribution in [-0.2, 0) is 5.41 Å². The Hall–Kier alpha value is -5.14. The lowest BCUT2D eigenvalue weighted by Crippen LogP contribution is -2.26. The summed E-state index contributed by atoms with van der Waals surface area (Å²) >= 11 is 0. The van der Waals surface area contributed by atoms with E-state index in [-0.39, 0.29) is 5.41 Å². The Morgan fingerprint density at radius 2 is 1.55 bits per heavy atom. The topological polar surface area (TPSA) is 3.24 Å². The average molecular weight is 630 g/mol. The molecule has 7 aliphatic rings. The summed E-state index contributed by atoms with van der Waals surface area (Å²) in [6.07, 6.45) is 25.2. The van der Waals surface area contributed by atoms with Crippen LogP contribution in [0.3, 0.4) is 0 Å². The minimum absolute atomic E-state index is 0.184. The summed E-state index contributed by atoms with van der Waals surface area (Å²) in [5.74, 6) is 1.11. The standard InChI is InChI=1S/C48H39N/c1-3-13-31-25-26-33(29-32(31)14-4-1)36-17-8-10-24-45(36)49(34-15-5-2-6-16-34)35-27-28-38-40-20-12-22-42-41-21-11-19-39-37-18-7-9-23-43(37)48(46(39)41,47(40)42)44(38)30-35/h2-3,5-11,13,15-20,23-28,30,32,41H,1,4,12,14,21-22,29H2. The minimum atomic E-state index is -0.184. The highest BCUT2D eigenvalue weighted by Gasteiger charge is 2.62. The molecule has 3 atom stereocenters. The van der Waals surface area contributed by atoms with Crippen molar-refractivity contribution < 1.29 is 0 Å². The quantitative estimate of drug-likeness (QED) is 0.217. The number of anilines is 3. The average Bonchev–Trinajstić information content (AvgIpc) is 3.66.